The number of thiophene rings is 1. The maximum atomic E-state index is 13.6. The number of benzene rings is 2. The van der Waals surface area contributed by atoms with Crippen molar-refractivity contribution in [2.45, 2.75) is 30.8 Å². The van der Waals surface area contributed by atoms with Crippen LogP contribution in [-0.2, 0) is 12.8 Å². The van der Waals surface area contributed by atoms with E-state index in [-0.39, 0.29) is 22.9 Å². The Labute approximate surface area is 186 Å². The Morgan fingerprint density at radius 1 is 1.06 bits per heavy atom. The third-order valence-corrected chi connectivity index (χ3v) is 7.60. The number of aromatic nitrogens is 2. The van der Waals surface area contributed by atoms with Crippen molar-refractivity contribution in [2.24, 2.45) is 0 Å². The van der Waals surface area contributed by atoms with Crippen LogP contribution >= 0.6 is 23.1 Å². The standard InChI is InChI=1S/C24H19FN2O2S2/c25-16-12-10-15(11-13-16)19(28)14-30-24-26-22-21(18-8-4-5-9-20(18)31-22)23(29)27(24)17-6-2-1-3-7-17/h1-3,6-7,10-13H,4-5,8-9,14H2. The minimum atomic E-state index is -0.379. The number of Topliss-reactive ketones (excluding diaryl/α,β-unsaturated/α-hetero) is 1. The number of carbonyl (C=O) groups excluding carboxylic acids is 1. The molecule has 0 bridgehead atoms. The molecule has 0 fully saturated rings. The number of carbonyl (C=O) groups is 1. The van der Waals surface area contributed by atoms with Gasteiger partial charge in [0.1, 0.15) is 10.6 Å². The van der Waals surface area contributed by atoms with E-state index in [0.717, 1.165) is 47.2 Å². The van der Waals surface area contributed by atoms with E-state index in [1.54, 1.807) is 15.9 Å². The van der Waals surface area contributed by atoms with Gasteiger partial charge in [-0.25, -0.2) is 9.37 Å². The fourth-order valence-electron chi connectivity index (χ4n) is 3.94. The molecule has 0 aliphatic heterocycles. The van der Waals surface area contributed by atoms with Crippen molar-refractivity contribution < 1.29 is 9.18 Å². The number of rotatable bonds is 5. The number of thioether (sulfide) groups is 1. The van der Waals surface area contributed by atoms with Crippen molar-refractivity contribution in [2.75, 3.05) is 5.75 Å². The molecule has 4 aromatic rings. The van der Waals surface area contributed by atoms with Crippen LogP contribution in [0, 0.1) is 5.82 Å². The monoisotopic (exact) mass is 450 g/mol. The Hall–Kier alpha value is -2.77. The van der Waals surface area contributed by atoms with Crippen molar-refractivity contribution in [3.05, 3.63) is 86.8 Å². The summed E-state index contributed by atoms with van der Waals surface area (Å²) in [6.07, 6.45) is 4.13. The summed E-state index contributed by atoms with van der Waals surface area (Å²) in [5.41, 5.74) is 2.24. The lowest BCUT2D eigenvalue weighted by molar-refractivity contribution is 0.102. The molecule has 0 N–H and O–H groups in total. The minimum absolute atomic E-state index is 0.0765. The average molecular weight is 451 g/mol. The lowest BCUT2D eigenvalue weighted by Gasteiger charge is -2.13. The number of para-hydroxylation sites is 1. The molecule has 7 heteroatoms. The van der Waals surface area contributed by atoms with E-state index in [1.165, 1.54) is 40.9 Å². The molecular weight excluding hydrogens is 431 g/mol. The molecule has 1 aliphatic carbocycles. The molecule has 31 heavy (non-hydrogen) atoms. The molecule has 0 saturated carbocycles. The van der Waals surface area contributed by atoms with Gasteiger partial charge in [-0.15, -0.1) is 11.3 Å². The zero-order chi connectivity index (χ0) is 21.4. The van der Waals surface area contributed by atoms with Gasteiger partial charge in [0.25, 0.3) is 5.56 Å². The highest BCUT2D eigenvalue weighted by atomic mass is 32.2. The summed E-state index contributed by atoms with van der Waals surface area (Å²) in [4.78, 5) is 33.1. The molecule has 0 amide bonds. The normalized spacial score (nSPS) is 13.3. The highest BCUT2D eigenvalue weighted by Crippen LogP contribution is 2.35. The van der Waals surface area contributed by atoms with E-state index in [4.69, 9.17) is 4.98 Å². The van der Waals surface area contributed by atoms with Gasteiger partial charge in [-0.2, -0.15) is 0 Å². The Balaban J connectivity index is 1.58. The van der Waals surface area contributed by atoms with E-state index in [9.17, 15) is 14.0 Å². The SMILES string of the molecule is O=C(CSc1nc2sc3c(c2c(=O)n1-c1ccccc1)CCCC3)c1ccc(F)cc1. The predicted molar refractivity (Wildman–Crippen MR) is 123 cm³/mol. The molecule has 4 nitrogen and oxygen atoms in total. The largest absolute Gasteiger partial charge is 0.293 e. The predicted octanol–water partition coefficient (Wildman–Crippen LogP) is 5.44. The number of aryl methyl sites for hydroxylation is 2. The number of nitrogens with zero attached hydrogens (tertiary/aromatic N) is 2. The molecule has 0 radical (unpaired) electrons. The Bertz CT molecular complexity index is 1330. The van der Waals surface area contributed by atoms with E-state index >= 15 is 0 Å². The summed E-state index contributed by atoms with van der Waals surface area (Å²) in [6.45, 7) is 0. The molecule has 2 aromatic heterocycles. The van der Waals surface area contributed by atoms with Crippen LogP contribution in [0.1, 0.15) is 33.6 Å². The first kappa shape index (κ1) is 20.2. The summed E-state index contributed by atoms with van der Waals surface area (Å²) in [6, 6.07) is 14.9. The summed E-state index contributed by atoms with van der Waals surface area (Å²) >= 11 is 2.84. The first-order valence-electron chi connectivity index (χ1n) is 10.2. The van der Waals surface area contributed by atoms with Crippen LogP contribution in [0.3, 0.4) is 0 Å². The second-order valence-electron chi connectivity index (χ2n) is 7.48. The average Bonchev–Trinajstić information content (AvgIpc) is 3.17. The molecule has 1 aliphatic rings. The Morgan fingerprint density at radius 2 is 1.81 bits per heavy atom. The van der Waals surface area contributed by atoms with Crippen LogP contribution in [0.2, 0.25) is 0 Å². The maximum absolute atomic E-state index is 13.6. The lowest BCUT2D eigenvalue weighted by atomic mass is 9.97. The molecule has 5 rings (SSSR count). The Morgan fingerprint density at radius 3 is 2.58 bits per heavy atom. The number of ketones is 1. The number of hydrogen-bond acceptors (Lipinski definition) is 5. The van der Waals surface area contributed by atoms with E-state index in [1.807, 2.05) is 30.3 Å². The topological polar surface area (TPSA) is 52.0 Å². The van der Waals surface area contributed by atoms with Gasteiger partial charge in [0.2, 0.25) is 0 Å². The maximum Gasteiger partial charge on any atom is 0.267 e. The van der Waals surface area contributed by atoms with Gasteiger partial charge in [0.05, 0.1) is 16.8 Å². The Kier molecular flexibility index (Phi) is 5.46. The van der Waals surface area contributed by atoms with Gasteiger partial charge in [-0.1, -0.05) is 30.0 Å². The summed E-state index contributed by atoms with van der Waals surface area (Å²) in [7, 11) is 0. The highest BCUT2D eigenvalue weighted by Gasteiger charge is 2.23. The third kappa shape index (κ3) is 3.83. The van der Waals surface area contributed by atoms with Crippen LogP contribution in [0.25, 0.3) is 15.9 Å². The zero-order valence-corrected chi connectivity index (χ0v) is 18.3. The van der Waals surface area contributed by atoms with Crippen LogP contribution in [-0.4, -0.2) is 21.1 Å². The minimum Gasteiger partial charge on any atom is -0.293 e. The van der Waals surface area contributed by atoms with Gasteiger partial charge in [0.15, 0.2) is 10.9 Å². The molecule has 0 unspecified atom stereocenters. The van der Waals surface area contributed by atoms with Crippen LogP contribution < -0.4 is 5.56 Å². The van der Waals surface area contributed by atoms with Gasteiger partial charge in [0, 0.05) is 10.4 Å². The number of hydrogen-bond donors (Lipinski definition) is 0. The van der Waals surface area contributed by atoms with Gasteiger partial charge in [-0.3, -0.25) is 14.2 Å². The number of fused-ring (bicyclic) bond motifs is 3. The fraction of sp³-hybridized carbons (Fsp3) is 0.208. The third-order valence-electron chi connectivity index (χ3n) is 5.47. The quantitative estimate of drug-likeness (QED) is 0.231. The van der Waals surface area contributed by atoms with E-state index in [2.05, 4.69) is 0 Å². The smallest absolute Gasteiger partial charge is 0.267 e. The van der Waals surface area contributed by atoms with Gasteiger partial charge >= 0.3 is 0 Å². The van der Waals surface area contributed by atoms with E-state index < -0.39 is 0 Å². The van der Waals surface area contributed by atoms with Crippen molar-refractivity contribution >= 4 is 39.1 Å². The second kappa shape index (κ2) is 8.40. The molecule has 0 saturated heterocycles. The van der Waals surface area contributed by atoms with Gasteiger partial charge in [-0.05, 0) is 67.6 Å². The molecule has 0 spiro atoms. The molecule has 0 atom stereocenters. The molecule has 2 aromatic carbocycles. The van der Waals surface area contributed by atoms with E-state index in [0.29, 0.717) is 10.7 Å². The van der Waals surface area contributed by atoms with Crippen molar-refractivity contribution in [1.29, 1.82) is 0 Å². The number of halogens is 1. The van der Waals surface area contributed by atoms with Crippen molar-refractivity contribution in [1.82, 2.24) is 9.55 Å². The molecular formula is C24H19FN2O2S2. The van der Waals surface area contributed by atoms with Crippen molar-refractivity contribution in [3.63, 3.8) is 0 Å². The first-order chi connectivity index (χ1) is 15.1. The van der Waals surface area contributed by atoms with Crippen LogP contribution in [0.5, 0.6) is 0 Å². The molecule has 2 heterocycles. The highest BCUT2D eigenvalue weighted by molar-refractivity contribution is 7.99. The van der Waals surface area contributed by atoms with Gasteiger partial charge < -0.3 is 0 Å². The molecule has 156 valence electrons. The zero-order valence-electron chi connectivity index (χ0n) is 16.6. The van der Waals surface area contributed by atoms with Crippen molar-refractivity contribution in [3.8, 4) is 5.69 Å². The fourth-order valence-corrected chi connectivity index (χ4v) is 6.15. The summed E-state index contributed by atoms with van der Waals surface area (Å²) in [5.74, 6) is -0.401. The second-order valence-corrected chi connectivity index (χ2v) is 9.51. The lowest BCUT2D eigenvalue weighted by Crippen LogP contribution is -2.22. The summed E-state index contributed by atoms with van der Waals surface area (Å²) < 4.78 is 14.8. The first-order valence-corrected chi connectivity index (χ1v) is 12.0. The van der Waals surface area contributed by atoms with Crippen LogP contribution in [0.15, 0.2) is 64.5 Å². The summed E-state index contributed by atoms with van der Waals surface area (Å²) in [5, 5.41) is 1.22. The van der Waals surface area contributed by atoms with Crippen LogP contribution in [0.4, 0.5) is 4.39 Å².